The minimum Gasteiger partial charge on any atom is -0.504 e. The molecule has 0 unspecified atom stereocenters. The first kappa shape index (κ1) is 31.1. The zero-order valence-electron chi connectivity index (χ0n) is 23.1. The van der Waals surface area contributed by atoms with Gasteiger partial charge in [0.15, 0.2) is 23.0 Å². The molecule has 2 rings (SSSR count). The van der Waals surface area contributed by atoms with Crippen LogP contribution in [0.3, 0.4) is 0 Å². The molecule has 0 amide bonds. The second kappa shape index (κ2) is 15.3. The summed E-state index contributed by atoms with van der Waals surface area (Å²) in [6.45, 7) is 7.82. The second-order valence-corrected chi connectivity index (χ2v) is 9.15. The summed E-state index contributed by atoms with van der Waals surface area (Å²) in [5.74, 6) is -2.53. The number of phenols is 6. The number of benzene rings is 2. The van der Waals surface area contributed by atoms with Crippen molar-refractivity contribution in [1.29, 1.82) is 0 Å². The third kappa shape index (κ3) is 9.99. The Kier molecular flexibility index (Phi) is 11.9. The Morgan fingerprint density at radius 3 is 1.12 bits per heavy atom. The van der Waals surface area contributed by atoms with E-state index in [9.17, 15) is 30.6 Å². The van der Waals surface area contributed by atoms with Crippen LogP contribution in [-0.4, -0.2) is 30.6 Å². The zero-order chi connectivity index (χ0) is 29.7. The van der Waals surface area contributed by atoms with Crippen molar-refractivity contribution in [1.82, 2.24) is 0 Å². The van der Waals surface area contributed by atoms with Gasteiger partial charge < -0.3 is 30.6 Å². The van der Waals surface area contributed by atoms with Gasteiger partial charge in [-0.15, -0.1) is 0 Å². The first-order valence-electron chi connectivity index (χ1n) is 12.5. The molecule has 0 heterocycles. The van der Waals surface area contributed by atoms with Gasteiger partial charge in [0.1, 0.15) is 0 Å². The van der Waals surface area contributed by atoms with Gasteiger partial charge in [-0.05, 0) is 52.0 Å². The van der Waals surface area contributed by atoms with Crippen LogP contribution in [-0.2, 0) is 0 Å². The van der Waals surface area contributed by atoms with Gasteiger partial charge in [-0.3, -0.25) is 0 Å². The molecule has 6 N–H and O–H groups in total. The molecular formula is C34H36O6. The predicted molar refractivity (Wildman–Crippen MR) is 163 cm³/mol. The van der Waals surface area contributed by atoms with Crippen molar-refractivity contribution in [2.75, 3.05) is 0 Å². The van der Waals surface area contributed by atoms with E-state index in [1.165, 1.54) is 24.3 Å². The molecule has 0 aliphatic heterocycles. The Morgan fingerprint density at radius 2 is 0.750 bits per heavy atom. The third-order valence-corrected chi connectivity index (χ3v) is 5.64. The largest absolute Gasteiger partial charge is 0.504 e. The van der Waals surface area contributed by atoms with Crippen LogP contribution in [0.4, 0.5) is 0 Å². The molecule has 0 fully saturated rings. The molecule has 0 aromatic heterocycles. The fourth-order valence-electron chi connectivity index (χ4n) is 3.22. The normalized spacial score (nSPS) is 14.2. The molecule has 2 aromatic carbocycles. The van der Waals surface area contributed by atoms with Gasteiger partial charge in [0, 0.05) is 11.1 Å². The molecule has 6 nitrogen and oxygen atoms in total. The number of phenolic OH excluding ortho intramolecular Hbond substituents is 6. The van der Waals surface area contributed by atoms with E-state index in [4.69, 9.17) is 0 Å². The van der Waals surface area contributed by atoms with Gasteiger partial charge >= 0.3 is 0 Å². The van der Waals surface area contributed by atoms with Crippen LogP contribution in [0.2, 0.25) is 0 Å². The van der Waals surface area contributed by atoms with E-state index in [0.29, 0.717) is 11.1 Å². The molecule has 40 heavy (non-hydrogen) atoms. The lowest BCUT2D eigenvalue weighted by atomic mass is 10.1. The maximum Gasteiger partial charge on any atom is 0.200 e. The highest BCUT2D eigenvalue weighted by atomic mass is 16.3. The zero-order valence-corrected chi connectivity index (χ0v) is 23.1. The van der Waals surface area contributed by atoms with E-state index in [-0.39, 0.29) is 23.0 Å². The highest BCUT2D eigenvalue weighted by molar-refractivity contribution is 5.67. The van der Waals surface area contributed by atoms with Crippen LogP contribution >= 0.6 is 0 Å². The van der Waals surface area contributed by atoms with Crippen LogP contribution in [0.25, 0.3) is 12.2 Å². The Hall–Kier alpha value is -5.10. The molecule has 2 aromatic rings. The molecule has 0 aliphatic carbocycles. The van der Waals surface area contributed by atoms with Gasteiger partial charge in [0.05, 0.1) is 0 Å². The molecule has 0 atom stereocenters. The van der Waals surface area contributed by atoms with Gasteiger partial charge in [0.2, 0.25) is 11.5 Å². The first-order valence-corrected chi connectivity index (χ1v) is 12.5. The first-order chi connectivity index (χ1) is 19.0. The molecule has 0 spiro atoms. The summed E-state index contributed by atoms with van der Waals surface area (Å²) in [4.78, 5) is 0. The van der Waals surface area contributed by atoms with Crippen molar-refractivity contribution < 1.29 is 30.6 Å². The topological polar surface area (TPSA) is 121 Å². The van der Waals surface area contributed by atoms with Crippen molar-refractivity contribution in [3.05, 3.63) is 131 Å². The minimum atomic E-state index is -0.535. The summed E-state index contributed by atoms with van der Waals surface area (Å²) in [7, 11) is 0. The maximum absolute atomic E-state index is 9.88. The fraction of sp³-hybridized carbons (Fsp3) is 0.118. The standard InChI is InChI=1S/C34H36O6/c1-23(11-7-13-25(3)15-17-27-19-21-29(35)33(39)31(27)37)9-5-6-10-24(2)12-8-14-26(4)16-18-28-20-22-30(36)34(40)32(28)38/h5-22,35-40H,1-4H3. The molecule has 0 radical (unpaired) electrons. The molecular weight excluding hydrogens is 504 g/mol. The fourth-order valence-corrected chi connectivity index (χ4v) is 3.22. The second-order valence-electron chi connectivity index (χ2n) is 9.15. The average Bonchev–Trinajstić information content (AvgIpc) is 2.92. The smallest absolute Gasteiger partial charge is 0.200 e. The van der Waals surface area contributed by atoms with E-state index < -0.39 is 11.5 Å². The summed E-state index contributed by atoms with van der Waals surface area (Å²) in [6, 6.07) is 5.68. The van der Waals surface area contributed by atoms with Crippen LogP contribution in [0, 0.1) is 0 Å². The highest BCUT2D eigenvalue weighted by Gasteiger charge is 2.09. The average molecular weight is 541 g/mol. The number of allylic oxidation sites excluding steroid dienone is 16. The van der Waals surface area contributed by atoms with Gasteiger partial charge in [-0.25, -0.2) is 0 Å². The van der Waals surface area contributed by atoms with Gasteiger partial charge in [-0.1, -0.05) is 107 Å². The van der Waals surface area contributed by atoms with Gasteiger partial charge in [-0.2, -0.15) is 0 Å². The lowest BCUT2D eigenvalue weighted by Crippen LogP contribution is -1.77. The number of hydrogen-bond donors (Lipinski definition) is 6. The van der Waals surface area contributed by atoms with Crippen molar-refractivity contribution >= 4 is 12.2 Å². The summed E-state index contributed by atoms with van der Waals surface area (Å²) in [6.07, 6.45) is 26.5. The molecule has 0 bridgehead atoms. The Balaban J connectivity index is 1.89. The lowest BCUT2D eigenvalue weighted by Gasteiger charge is -2.03. The predicted octanol–water partition coefficient (Wildman–Crippen LogP) is 8.10. The number of hydrogen-bond acceptors (Lipinski definition) is 6. The number of aromatic hydroxyl groups is 6. The summed E-state index contributed by atoms with van der Waals surface area (Å²) in [5.41, 5.74) is 4.81. The van der Waals surface area contributed by atoms with E-state index >= 15 is 0 Å². The summed E-state index contributed by atoms with van der Waals surface area (Å²) >= 11 is 0. The van der Waals surface area contributed by atoms with E-state index in [2.05, 4.69) is 0 Å². The van der Waals surface area contributed by atoms with E-state index in [1.807, 2.05) is 88.5 Å². The summed E-state index contributed by atoms with van der Waals surface area (Å²) < 4.78 is 0. The van der Waals surface area contributed by atoms with Crippen molar-refractivity contribution in [3.8, 4) is 34.5 Å². The van der Waals surface area contributed by atoms with Crippen LogP contribution < -0.4 is 0 Å². The third-order valence-electron chi connectivity index (χ3n) is 5.64. The van der Waals surface area contributed by atoms with E-state index in [0.717, 1.165) is 22.3 Å². The minimum absolute atomic E-state index is 0.361. The Labute approximate surface area is 235 Å². The van der Waals surface area contributed by atoms with Crippen molar-refractivity contribution in [2.45, 2.75) is 27.7 Å². The van der Waals surface area contributed by atoms with Crippen molar-refractivity contribution in [3.63, 3.8) is 0 Å². The monoisotopic (exact) mass is 540 g/mol. The molecule has 6 heteroatoms. The Morgan fingerprint density at radius 1 is 0.425 bits per heavy atom. The molecule has 0 saturated heterocycles. The van der Waals surface area contributed by atoms with E-state index in [1.54, 1.807) is 24.3 Å². The van der Waals surface area contributed by atoms with Crippen molar-refractivity contribution in [2.24, 2.45) is 0 Å². The molecule has 0 saturated carbocycles. The SMILES string of the molecule is CC(C=CC=C(C)C=Cc1ccc(O)c(O)c1O)=CC=CC=C(C)C=CC=C(C)C=Cc1ccc(O)c(O)c1O. The van der Waals surface area contributed by atoms with Gasteiger partial charge in [0.25, 0.3) is 0 Å². The highest BCUT2D eigenvalue weighted by Crippen LogP contribution is 2.38. The maximum atomic E-state index is 9.88. The quantitative estimate of drug-likeness (QED) is 0.134. The van der Waals surface area contributed by atoms with Crippen LogP contribution in [0.15, 0.2) is 119 Å². The lowest BCUT2D eigenvalue weighted by molar-refractivity contribution is 0.367. The number of rotatable bonds is 10. The summed E-state index contributed by atoms with van der Waals surface area (Å²) in [5, 5.41) is 57.8. The van der Waals surface area contributed by atoms with Crippen LogP contribution in [0.1, 0.15) is 38.8 Å². The van der Waals surface area contributed by atoms with Crippen LogP contribution in [0.5, 0.6) is 34.5 Å². The molecule has 208 valence electrons. The Bertz CT molecular complexity index is 1360. The molecule has 0 aliphatic rings.